The summed E-state index contributed by atoms with van der Waals surface area (Å²) in [6.07, 6.45) is -1.44. The van der Waals surface area contributed by atoms with Gasteiger partial charge in [-0.2, -0.15) is 13.2 Å². The van der Waals surface area contributed by atoms with Gasteiger partial charge in [-0.05, 0) is 48.9 Å². The van der Waals surface area contributed by atoms with E-state index in [2.05, 4.69) is 27.5 Å². The zero-order valence-corrected chi connectivity index (χ0v) is 24.7. The number of aliphatic imine (C=N–C) groups is 1. The number of nitrogens with zero attached hydrogens (tertiary/aromatic N) is 1. The topological polar surface area (TPSA) is 144 Å². The monoisotopic (exact) mass is 641 g/mol. The molecule has 2 aromatic rings. The van der Waals surface area contributed by atoms with Gasteiger partial charge >= 0.3 is 6.18 Å². The summed E-state index contributed by atoms with van der Waals surface area (Å²) in [4.78, 5) is 17.1. The molecule has 1 amide bonds. The van der Waals surface area contributed by atoms with Crippen molar-refractivity contribution < 1.29 is 35.9 Å². The van der Waals surface area contributed by atoms with Crippen LogP contribution < -0.4 is 26.4 Å². The number of hydrogen-bond acceptors (Lipinski definition) is 8. The van der Waals surface area contributed by atoms with E-state index in [0.717, 1.165) is 12.1 Å². The second kappa shape index (κ2) is 14.9. The third-order valence-corrected chi connectivity index (χ3v) is 7.88. The maximum Gasteiger partial charge on any atom is 0.416 e. The highest BCUT2D eigenvalue weighted by Crippen LogP contribution is 2.35. The Morgan fingerprint density at radius 3 is 2.67 bits per heavy atom. The van der Waals surface area contributed by atoms with E-state index in [0.29, 0.717) is 29.8 Å². The van der Waals surface area contributed by atoms with Crippen LogP contribution in [-0.2, 0) is 25.5 Å². The van der Waals surface area contributed by atoms with Crippen molar-refractivity contribution in [3.05, 3.63) is 88.9 Å². The number of hydrogen-bond donors (Lipinski definition) is 4. The van der Waals surface area contributed by atoms with Crippen LogP contribution in [0.25, 0.3) is 0 Å². The maximum atomic E-state index is 13.1. The van der Waals surface area contributed by atoms with Gasteiger partial charge in [0.2, 0.25) is 5.91 Å². The van der Waals surface area contributed by atoms with Gasteiger partial charge in [-0.1, -0.05) is 24.2 Å². The van der Waals surface area contributed by atoms with Crippen molar-refractivity contribution in [1.29, 1.82) is 0 Å². The number of nitrogens with two attached hydrogens (primary N) is 1. The summed E-state index contributed by atoms with van der Waals surface area (Å²) in [5, 5.41) is 8.78. The number of benzene rings is 2. The molecule has 5 N–H and O–H groups in total. The molecule has 1 heterocycles. The number of carbonyl (C=O) groups excluding carboxylic acids is 1. The molecule has 0 saturated heterocycles. The van der Waals surface area contributed by atoms with Crippen molar-refractivity contribution in [2.75, 3.05) is 43.6 Å². The van der Waals surface area contributed by atoms with Crippen molar-refractivity contribution in [2.45, 2.75) is 12.6 Å². The molecule has 0 aliphatic carbocycles. The van der Waals surface area contributed by atoms with Crippen LogP contribution in [-0.4, -0.2) is 58.5 Å². The molecule has 0 unspecified atom stereocenters. The standard InChI is InChI=1S/C28H31ClF3N5O5S/c1-3-34-26(22-15-18(9-10-35-25(22)33)27(38)36-11-13-43(39,40)14-12-41-2)37-20-7-8-24(23(29)17-20)42-21-6-4-5-19(16-21)28(30,31)32/h3-8,15-17,35H,1,9-14,33H2,2H3,(H,34,37)(H,36,38). The van der Waals surface area contributed by atoms with Crippen LogP contribution in [0.3, 0.4) is 0 Å². The van der Waals surface area contributed by atoms with Gasteiger partial charge in [-0.25, -0.2) is 13.4 Å². The van der Waals surface area contributed by atoms with Crippen LogP contribution >= 0.6 is 11.6 Å². The van der Waals surface area contributed by atoms with Crippen LogP contribution in [0.15, 0.2) is 83.3 Å². The third-order valence-electron chi connectivity index (χ3n) is 5.97. The number of alkyl halides is 3. The fraction of sp³-hybridized carbons (Fsp3) is 0.286. The van der Waals surface area contributed by atoms with Gasteiger partial charge in [0.05, 0.1) is 34.3 Å². The molecule has 1 aliphatic heterocycles. The Bertz CT molecular complexity index is 1540. The Balaban J connectivity index is 1.77. The summed E-state index contributed by atoms with van der Waals surface area (Å²) in [5.41, 5.74) is 6.46. The first-order chi connectivity index (χ1) is 20.3. The second-order valence-electron chi connectivity index (χ2n) is 9.13. The molecule has 0 atom stereocenters. The van der Waals surface area contributed by atoms with Crippen LogP contribution in [0, 0.1) is 0 Å². The first-order valence-corrected chi connectivity index (χ1v) is 15.1. The largest absolute Gasteiger partial charge is 0.456 e. The third kappa shape index (κ3) is 10.0. The Labute approximate surface area is 252 Å². The normalized spacial score (nSPS) is 14.3. The summed E-state index contributed by atoms with van der Waals surface area (Å²) < 4.78 is 73.6. The van der Waals surface area contributed by atoms with Crippen molar-refractivity contribution in [3.8, 4) is 11.5 Å². The fourth-order valence-corrected chi connectivity index (χ4v) is 5.05. The van der Waals surface area contributed by atoms with Crippen LogP contribution in [0.4, 0.5) is 18.9 Å². The Morgan fingerprint density at radius 1 is 1.23 bits per heavy atom. The number of amides is 1. The first-order valence-electron chi connectivity index (χ1n) is 12.9. The van der Waals surface area contributed by atoms with E-state index in [1.165, 1.54) is 43.7 Å². The molecule has 232 valence electrons. The Morgan fingerprint density at radius 2 is 2.00 bits per heavy atom. The van der Waals surface area contributed by atoms with Gasteiger partial charge in [0.15, 0.2) is 9.84 Å². The molecule has 0 bridgehead atoms. The van der Waals surface area contributed by atoms with Crippen LogP contribution in [0.1, 0.15) is 12.0 Å². The number of nitrogens with one attached hydrogen (secondary N) is 3. The van der Waals surface area contributed by atoms with Crippen LogP contribution in [0.5, 0.6) is 11.5 Å². The minimum Gasteiger partial charge on any atom is -0.456 e. The smallest absolute Gasteiger partial charge is 0.416 e. The molecule has 2 aromatic carbocycles. The minimum atomic E-state index is -4.53. The van der Waals surface area contributed by atoms with Gasteiger partial charge in [0.1, 0.15) is 23.2 Å². The van der Waals surface area contributed by atoms with E-state index in [-0.39, 0.29) is 52.8 Å². The maximum absolute atomic E-state index is 13.1. The minimum absolute atomic E-state index is 0.0441. The summed E-state index contributed by atoms with van der Waals surface area (Å²) in [6.45, 7) is 3.94. The van der Waals surface area contributed by atoms with E-state index in [4.69, 9.17) is 26.8 Å². The van der Waals surface area contributed by atoms with Gasteiger partial charge in [-0.15, -0.1) is 0 Å². The van der Waals surface area contributed by atoms with E-state index in [9.17, 15) is 26.4 Å². The van der Waals surface area contributed by atoms with Crippen LogP contribution in [0.2, 0.25) is 5.02 Å². The molecule has 1 aliphatic rings. The second-order valence-corrected chi connectivity index (χ2v) is 11.8. The number of carbonyl (C=O) groups is 1. The summed E-state index contributed by atoms with van der Waals surface area (Å²) in [6, 6.07) is 8.91. The lowest BCUT2D eigenvalue weighted by atomic mass is 10.1. The van der Waals surface area contributed by atoms with E-state index in [1.807, 2.05) is 0 Å². The highest BCUT2D eigenvalue weighted by molar-refractivity contribution is 7.91. The number of methoxy groups -OCH3 is 1. The lowest BCUT2D eigenvalue weighted by Gasteiger charge is -2.15. The van der Waals surface area contributed by atoms with Crippen molar-refractivity contribution in [1.82, 2.24) is 10.6 Å². The van der Waals surface area contributed by atoms with Gasteiger partial charge in [0.25, 0.3) is 0 Å². The van der Waals surface area contributed by atoms with Gasteiger partial charge in [-0.3, -0.25) is 4.79 Å². The zero-order chi connectivity index (χ0) is 31.6. The average molecular weight is 642 g/mol. The zero-order valence-electron chi connectivity index (χ0n) is 23.1. The number of sulfone groups is 1. The van der Waals surface area contributed by atoms with Crippen molar-refractivity contribution in [2.24, 2.45) is 10.7 Å². The molecular weight excluding hydrogens is 611 g/mol. The number of anilines is 1. The fourth-order valence-electron chi connectivity index (χ4n) is 3.79. The Kier molecular flexibility index (Phi) is 11.6. The summed E-state index contributed by atoms with van der Waals surface area (Å²) in [7, 11) is -1.99. The predicted molar refractivity (Wildman–Crippen MR) is 160 cm³/mol. The van der Waals surface area contributed by atoms with Crippen molar-refractivity contribution in [3.63, 3.8) is 0 Å². The number of rotatable bonds is 12. The molecule has 10 nitrogen and oxygen atoms in total. The SMILES string of the molecule is C=C/N=C(/Nc1ccc(Oc2cccc(C(F)(F)F)c2)c(Cl)c1)C1=C(N)NCCC(C(=O)NCCS(=O)(=O)CCOC)=C1. The Hall–Kier alpha value is -4.01. The average Bonchev–Trinajstić information content (AvgIpc) is 3.14. The molecular formula is C28H31ClF3N5O5S. The quantitative estimate of drug-likeness (QED) is 0.198. The molecule has 0 aromatic heterocycles. The number of halogens is 4. The highest BCUT2D eigenvalue weighted by atomic mass is 35.5. The molecule has 15 heteroatoms. The predicted octanol–water partition coefficient (Wildman–Crippen LogP) is 4.37. The molecule has 0 saturated carbocycles. The van der Waals surface area contributed by atoms with E-state index >= 15 is 0 Å². The number of ether oxygens (including phenoxy) is 2. The van der Waals surface area contributed by atoms with E-state index in [1.54, 1.807) is 6.07 Å². The molecule has 0 fully saturated rings. The van der Waals surface area contributed by atoms with E-state index < -0.39 is 27.5 Å². The first kappa shape index (κ1) is 33.5. The summed E-state index contributed by atoms with van der Waals surface area (Å²) in [5.74, 6) is -0.356. The van der Waals surface area contributed by atoms with Gasteiger partial charge < -0.3 is 31.2 Å². The molecule has 0 spiro atoms. The summed E-state index contributed by atoms with van der Waals surface area (Å²) >= 11 is 6.37. The molecule has 43 heavy (non-hydrogen) atoms. The highest BCUT2D eigenvalue weighted by Gasteiger charge is 2.30. The lowest BCUT2D eigenvalue weighted by molar-refractivity contribution is -0.137. The van der Waals surface area contributed by atoms with Crippen molar-refractivity contribution >= 4 is 38.9 Å². The van der Waals surface area contributed by atoms with Gasteiger partial charge in [0, 0.05) is 37.7 Å². The molecule has 3 rings (SSSR count). The molecule has 0 radical (unpaired) electrons. The lowest BCUT2D eigenvalue weighted by Crippen LogP contribution is -2.32. The number of amidine groups is 1.